The fourth-order valence-corrected chi connectivity index (χ4v) is 1.54. The molecule has 16 heavy (non-hydrogen) atoms. The standard InChI is InChI=1S/C12H14O4/c1-8-4-2-3-5-9(8)6-7-10(11(13)14)12(15)16/h2-5,10H,6-7H2,1H3,(H,13,14)(H,15,16). The van der Waals surface area contributed by atoms with Crippen LogP contribution in [0.2, 0.25) is 0 Å². The van der Waals surface area contributed by atoms with Crippen molar-refractivity contribution in [2.24, 2.45) is 5.92 Å². The molecule has 0 saturated heterocycles. The van der Waals surface area contributed by atoms with Crippen molar-refractivity contribution in [1.29, 1.82) is 0 Å². The summed E-state index contributed by atoms with van der Waals surface area (Å²) in [4.78, 5) is 21.3. The Morgan fingerprint density at radius 3 is 2.25 bits per heavy atom. The van der Waals surface area contributed by atoms with E-state index in [2.05, 4.69) is 0 Å². The molecule has 1 rings (SSSR count). The predicted molar refractivity (Wildman–Crippen MR) is 58.3 cm³/mol. The van der Waals surface area contributed by atoms with Crippen LogP contribution < -0.4 is 0 Å². The van der Waals surface area contributed by atoms with Crippen LogP contribution in [-0.4, -0.2) is 22.2 Å². The van der Waals surface area contributed by atoms with E-state index in [4.69, 9.17) is 10.2 Å². The molecular formula is C12H14O4. The van der Waals surface area contributed by atoms with E-state index < -0.39 is 17.9 Å². The lowest BCUT2D eigenvalue weighted by Gasteiger charge is -2.08. The summed E-state index contributed by atoms with van der Waals surface area (Å²) < 4.78 is 0. The van der Waals surface area contributed by atoms with E-state index in [-0.39, 0.29) is 6.42 Å². The molecular weight excluding hydrogens is 208 g/mol. The summed E-state index contributed by atoms with van der Waals surface area (Å²) in [5.74, 6) is -3.87. The Labute approximate surface area is 93.5 Å². The molecule has 1 aromatic rings. The number of hydrogen-bond donors (Lipinski definition) is 2. The zero-order valence-corrected chi connectivity index (χ0v) is 9.01. The van der Waals surface area contributed by atoms with Gasteiger partial charge in [0.05, 0.1) is 0 Å². The molecule has 0 aliphatic heterocycles. The molecule has 0 aliphatic carbocycles. The summed E-state index contributed by atoms with van der Waals surface area (Å²) in [5.41, 5.74) is 2.05. The molecule has 1 aromatic carbocycles. The number of carbonyl (C=O) groups is 2. The van der Waals surface area contributed by atoms with Crippen molar-refractivity contribution < 1.29 is 19.8 Å². The largest absolute Gasteiger partial charge is 0.481 e. The zero-order chi connectivity index (χ0) is 12.1. The molecule has 0 heterocycles. The van der Waals surface area contributed by atoms with E-state index in [0.29, 0.717) is 6.42 Å². The Morgan fingerprint density at radius 2 is 1.75 bits per heavy atom. The van der Waals surface area contributed by atoms with Crippen molar-refractivity contribution in [3.63, 3.8) is 0 Å². The number of rotatable bonds is 5. The van der Waals surface area contributed by atoms with Gasteiger partial charge in [-0.15, -0.1) is 0 Å². The molecule has 0 saturated carbocycles. The van der Waals surface area contributed by atoms with Gasteiger partial charge in [-0.1, -0.05) is 24.3 Å². The Balaban J connectivity index is 2.66. The third kappa shape index (κ3) is 3.08. The maximum atomic E-state index is 10.7. The highest BCUT2D eigenvalue weighted by Gasteiger charge is 2.25. The molecule has 0 atom stereocenters. The summed E-state index contributed by atoms with van der Waals surface area (Å²) in [6.45, 7) is 1.92. The van der Waals surface area contributed by atoms with Crippen molar-refractivity contribution in [1.82, 2.24) is 0 Å². The van der Waals surface area contributed by atoms with Gasteiger partial charge in [-0.2, -0.15) is 0 Å². The lowest BCUT2D eigenvalue weighted by atomic mass is 9.97. The second-order valence-corrected chi connectivity index (χ2v) is 3.69. The SMILES string of the molecule is Cc1ccccc1CCC(C(=O)O)C(=O)O. The zero-order valence-electron chi connectivity index (χ0n) is 9.01. The first-order chi connectivity index (χ1) is 7.52. The maximum absolute atomic E-state index is 10.7. The highest BCUT2D eigenvalue weighted by molar-refractivity contribution is 5.92. The van der Waals surface area contributed by atoms with Gasteiger partial charge in [-0.25, -0.2) is 0 Å². The highest BCUT2D eigenvalue weighted by atomic mass is 16.4. The maximum Gasteiger partial charge on any atom is 0.317 e. The van der Waals surface area contributed by atoms with Gasteiger partial charge in [0, 0.05) is 0 Å². The summed E-state index contributed by atoms with van der Waals surface area (Å²) in [7, 11) is 0. The van der Waals surface area contributed by atoms with E-state index in [1.165, 1.54) is 0 Å². The first-order valence-electron chi connectivity index (χ1n) is 5.02. The van der Waals surface area contributed by atoms with Crippen LogP contribution in [0.25, 0.3) is 0 Å². The summed E-state index contributed by atoms with van der Waals surface area (Å²) in [6, 6.07) is 7.56. The van der Waals surface area contributed by atoms with Crippen molar-refractivity contribution >= 4 is 11.9 Å². The van der Waals surface area contributed by atoms with Crippen molar-refractivity contribution in [2.75, 3.05) is 0 Å². The molecule has 2 N–H and O–H groups in total. The van der Waals surface area contributed by atoms with Crippen LogP contribution in [0.3, 0.4) is 0 Å². The Kier molecular flexibility index (Phi) is 4.05. The molecule has 0 bridgehead atoms. The third-order valence-electron chi connectivity index (χ3n) is 2.56. The van der Waals surface area contributed by atoms with Gasteiger partial charge in [0.2, 0.25) is 0 Å². The smallest absolute Gasteiger partial charge is 0.317 e. The number of aliphatic carboxylic acids is 2. The molecule has 0 aliphatic rings. The van der Waals surface area contributed by atoms with E-state index in [0.717, 1.165) is 11.1 Å². The van der Waals surface area contributed by atoms with Crippen LogP contribution in [0.1, 0.15) is 17.5 Å². The molecule has 0 spiro atoms. The van der Waals surface area contributed by atoms with Gasteiger partial charge in [0.15, 0.2) is 5.92 Å². The molecule has 0 amide bonds. The normalized spacial score (nSPS) is 10.4. The van der Waals surface area contributed by atoms with E-state index in [1.807, 2.05) is 31.2 Å². The summed E-state index contributed by atoms with van der Waals surface area (Å²) in [6.07, 6.45) is 0.589. The number of carboxylic acids is 2. The van der Waals surface area contributed by atoms with Gasteiger partial charge in [0.1, 0.15) is 0 Å². The number of hydrogen-bond acceptors (Lipinski definition) is 2. The summed E-state index contributed by atoms with van der Waals surface area (Å²) in [5, 5.41) is 17.4. The number of benzene rings is 1. The van der Waals surface area contributed by atoms with Crippen LogP contribution in [0.5, 0.6) is 0 Å². The molecule has 0 radical (unpaired) electrons. The molecule has 4 heteroatoms. The Hall–Kier alpha value is -1.84. The topological polar surface area (TPSA) is 74.6 Å². The predicted octanol–water partition coefficient (Wildman–Crippen LogP) is 1.71. The Morgan fingerprint density at radius 1 is 1.19 bits per heavy atom. The highest BCUT2D eigenvalue weighted by Crippen LogP contribution is 2.14. The van der Waals surface area contributed by atoms with Crippen LogP contribution in [0.15, 0.2) is 24.3 Å². The van der Waals surface area contributed by atoms with Gasteiger partial charge in [-0.05, 0) is 30.9 Å². The van der Waals surface area contributed by atoms with E-state index >= 15 is 0 Å². The van der Waals surface area contributed by atoms with Crippen molar-refractivity contribution in [2.45, 2.75) is 19.8 Å². The minimum absolute atomic E-state index is 0.121. The number of aryl methyl sites for hydroxylation is 2. The average molecular weight is 222 g/mol. The summed E-state index contributed by atoms with van der Waals surface area (Å²) >= 11 is 0. The second kappa shape index (κ2) is 5.30. The minimum Gasteiger partial charge on any atom is -0.481 e. The van der Waals surface area contributed by atoms with Crippen LogP contribution in [0.4, 0.5) is 0 Å². The van der Waals surface area contributed by atoms with Crippen molar-refractivity contribution in [3.8, 4) is 0 Å². The second-order valence-electron chi connectivity index (χ2n) is 3.69. The lowest BCUT2D eigenvalue weighted by molar-refractivity contribution is -0.154. The molecule has 0 aromatic heterocycles. The first kappa shape index (κ1) is 12.2. The monoisotopic (exact) mass is 222 g/mol. The molecule has 4 nitrogen and oxygen atoms in total. The number of carboxylic acid groups (broad SMARTS) is 2. The van der Waals surface area contributed by atoms with E-state index in [1.54, 1.807) is 0 Å². The quantitative estimate of drug-likeness (QED) is 0.744. The average Bonchev–Trinajstić information content (AvgIpc) is 2.20. The molecule has 0 unspecified atom stereocenters. The van der Waals surface area contributed by atoms with Gasteiger partial charge < -0.3 is 10.2 Å². The van der Waals surface area contributed by atoms with Crippen molar-refractivity contribution in [3.05, 3.63) is 35.4 Å². The minimum atomic E-state index is -1.32. The molecule has 86 valence electrons. The van der Waals surface area contributed by atoms with Gasteiger partial charge >= 0.3 is 11.9 Å². The first-order valence-corrected chi connectivity index (χ1v) is 5.02. The van der Waals surface area contributed by atoms with Gasteiger partial charge in [0.25, 0.3) is 0 Å². The van der Waals surface area contributed by atoms with Crippen LogP contribution in [-0.2, 0) is 16.0 Å². The molecule has 0 fully saturated rings. The Bertz CT molecular complexity index is 384. The van der Waals surface area contributed by atoms with E-state index in [9.17, 15) is 9.59 Å². The van der Waals surface area contributed by atoms with Crippen LogP contribution in [0, 0.1) is 12.8 Å². The van der Waals surface area contributed by atoms with Gasteiger partial charge in [-0.3, -0.25) is 9.59 Å². The lowest BCUT2D eigenvalue weighted by Crippen LogP contribution is -2.23. The van der Waals surface area contributed by atoms with Crippen LogP contribution >= 0.6 is 0 Å². The fourth-order valence-electron chi connectivity index (χ4n) is 1.54. The third-order valence-corrected chi connectivity index (χ3v) is 2.56. The fraction of sp³-hybridized carbons (Fsp3) is 0.333.